The van der Waals surface area contributed by atoms with E-state index in [0.29, 0.717) is 0 Å². The van der Waals surface area contributed by atoms with E-state index in [1.165, 1.54) is 0 Å². The van der Waals surface area contributed by atoms with Gasteiger partial charge in [-0.1, -0.05) is 0 Å². The molecule has 0 saturated heterocycles. The molecule has 0 saturated carbocycles. The first-order valence-corrected chi connectivity index (χ1v) is 4.02. The fourth-order valence-electron chi connectivity index (χ4n) is 0.983. The van der Waals surface area contributed by atoms with Gasteiger partial charge in [0.25, 0.3) is 0 Å². The van der Waals surface area contributed by atoms with Crippen molar-refractivity contribution in [3.63, 3.8) is 0 Å². The highest BCUT2D eigenvalue weighted by molar-refractivity contribution is 6.00. The summed E-state index contributed by atoms with van der Waals surface area (Å²) in [5, 5.41) is 1.79. The van der Waals surface area contributed by atoms with Crippen LogP contribution in [0.3, 0.4) is 0 Å². The van der Waals surface area contributed by atoms with E-state index in [1.807, 2.05) is 0 Å². The molecule has 4 nitrogen and oxygen atoms in total. The Morgan fingerprint density at radius 1 is 1.73 bits per heavy atom. The Balaban J connectivity index is 2.57. The number of nitrogens with one attached hydrogen (secondary N) is 1. The minimum absolute atomic E-state index is 0.498. The molecule has 1 heterocycles. The Labute approximate surface area is 101 Å². The van der Waals surface area contributed by atoms with Crippen LogP contribution in [0.25, 0.3) is 0 Å². The second-order valence-corrected chi connectivity index (χ2v) is 2.77. The van der Waals surface area contributed by atoms with Crippen LogP contribution in [0.5, 0.6) is 11.5 Å². The highest BCUT2D eigenvalue weighted by atomic mass is 16.7. The summed E-state index contributed by atoms with van der Waals surface area (Å²) in [6.07, 6.45) is 0. The fraction of sp³-hybridized carbons (Fsp3) is 0.364. The summed E-state index contributed by atoms with van der Waals surface area (Å²) in [7, 11) is 0. The van der Waals surface area contributed by atoms with Crippen LogP contribution >= 0.6 is 0 Å². The van der Waals surface area contributed by atoms with Gasteiger partial charge in [-0.05, 0) is 32.0 Å². The zero-order valence-corrected chi connectivity index (χ0v) is 7.72. The van der Waals surface area contributed by atoms with Crippen molar-refractivity contribution in [2.75, 3.05) is 13.7 Å². The molecule has 15 heavy (non-hydrogen) atoms. The number of ether oxygens (including phenoxy) is 2. The smallest absolute Gasteiger partial charge is 0.231 e. The first-order valence-electron chi connectivity index (χ1n) is 8.52. The van der Waals surface area contributed by atoms with Crippen LogP contribution in [0.2, 0.25) is 0 Å². The van der Waals surface area contributed by atoms with E-state index in [-0.39, 0.29) is 0 Å². The van der Waals surface area contributed by atoms with Crippen molar-refractivity contribution in [3.8, 4) is 11.5 Å². The van der Waals surface area contributed by atoms with Crippen LogP contribution in [-0.4, -0.2) is 25.5 Å². The van der Waals surface area contributed by atoms with Gasteiger partial charge < -0.3 is 14.8 Å². The van der Waals surface area contributed by atoms with Crippen LogP contribution in [0.15, 0.2) is 18.1 Å². The highest BCUT2D eigenvalue weighted by Crippen LogP contribution is 2.32. The van der Waals surface area contributed by atoms with Gasteiger partial charge in [0.15, 0.2) is 17.3 Å². The first kappa shape index (κ1) is 3.79. The van der Waals surface area contributed by atoms with Crippen LogP contribution < -0.4 is 14.8 Å². The number of Topliss-reactive ketones (excluding diaryl/α,β-unsaturated/α-hetero) is 1. The maximum Gasteiger partial charge on any atom is 0.231 e. The van der Waals surface area contributed by atoms with Gasteiger partial charge in [-0.2, -0.15) is 0 Å². The number of fused-ring (bicyclic) bond motifs is 1. The minimum atomic E-state index is -2.83. The molecule has 80 valence electrons. The minimum Gasteiger partial charge on any atom is -0.454 e. The third-order valence-electron chi connectivity index (χ3n) is 1.79. The molecule has 0 radical (unpaired) electrons. The van der Waals surface area contributed by atoms with Gasteiger partial charge in [-0.15, -0.1) is 0 Å². The lowest BCUT2D eigenvalue weighted by molar-refractivity contribution is 0.0954. The molecule has 0 spiro atoms. The Hall–Kier alpha value is -1.55. The summed E-state index contributed by atoms with van der Waals surface area (Å²) in [4.78, 5) is 12.5. The third-order valence-corrected chi connectivity index (χ3v) is 1.79. The topological polar surface area (TPSA) is 47.6 Å². The average molecular weight is 216 g/mol. The van der Waals surface area contributed by atoms with Gasteiger partial charge in [-0.25, -0.2) is 0 Å². The highest BCUT2D eigenvalue weighted by Gasteiger charge is 2.18. The predicted molar refractivity (Wildman–Crippen MR) is 55.4 cm³/mol. The monoisotopic (exact) mass is 216 g/mol. The van der Waals surface area contributed by atoms with Crippen molar-refractivity contribution in [1.29, 1.82) is 0 Å². The van der Waals surface area contributed by atoms with Crippen molar-refractivity contribution in [3.05, 3.63) is 23.7 Å². The quantitative estimate of drug-likeness (QED) is 0.771. The maximum atomic E-state index is 12.5. The molecule has 4 heteroatoms. The number of rotatable bonds is 3. The van der Waals surface area contributed by atoms with E-state index >= 15 is 0 Å². The molecule has 1 aliphatic rings. The molecule has 1 aromatic carbocycles. The zero-order valence-electron chi connectivity index (χ0n) is 16.7. The maximum absolute atomic E-state index is 12.5. The van der Waals surface area contributed by atoms with Crippen LogP contribution in [0.1, 0.15) is 29.6 Å². The van der Waals surface area contributed by atoms with E-state index in [1.54, 1.807) is 5.32 Å². The zero-order chi connectivity index (χ0) is 18.7. The molecule has 1 aromatic rings. The summed E-state index contributed by atoms with van der Waals surface area (Å²) in [6, 6.07) is -4.63. The Bertz CT molecular complexity index is 714. The molecule has 1 unspecified atom stereocenters. The number of hydrogen-bond acceptors (Lipinski definition) is 4. The standard InChI is InChI=1S/C11H13NO3/c1-7(12-2)11(13)8-3-4-9-10(5-8)15-6-14-9/h3-5,7,12H,6H2,1-2H3/i2D3,3D,4D,5D,6D2,7D. The summed E-state index contributed by atoms with van der Waals surface area (Å²) in [5.41, 5.74) is -0.727. The van der Waals surface area contributed by atoms with Crippen molar-refractivity contribution >= 4 is 5.78 Å². The number of carbonyl (C=O) groups excluding carboxylic acids is 1. The number of carbonyl (C=O) groups is 1. The van der Waals surface area contributed by atoms with Gasteiger partial charge in [0.05, 0.1) is 11.5 Å². The molecule has 0 bridgehead atoms. The number of likely N-dealkylation sites (N-methyl/N-ethyl adjacent to an activating group) is 1. The summed E-state index contributed by atoms with van der Waals surface area (Å²) in [6.45, 7) is -4.55. The van der Waals surface area contributed by atoms with Crippen molar-refractivity contribution in [1.82, 2.24) is 5.32 Å². The van der Waals surface area contributed by atoms with Gasteiger partial charge in [0.1, 0.15) is 2.74 Å². The van der Waals surface area contributed by atoms with E-state index in [9.17, 15) is 4.79 Å². The Morgan fingerprint density at radius 3 is 3.33 bits per heavy atom. The molecule has 0 aromatic heterocycles. The van der Waals surface area contributed by atoms with Crippen LogP contribution in [-0.2, 0) is 0 Å². The lowest BCUT2D eigenvalue weighted by Gasteiger charge is -2.09. The van der Waals surface area contributed by atoms with Gasteiger partial charge in [-0.3, -0.25) is 4.79 Å². The van der Waals surface area contributed by atoms with Crippen LogP contribution in [0, 0.1) is 0 Å². The van der Waals surface area contributed by atoms with Gasteiger partial charge in [0.2, 0.25) is 6.75 Å². The molecular formula is C11H13NO3. The SMILES string of the molecule is [2H]c1c([2H])c(C(=O)C([2H])(C)NC([2H])([2H])[2H])c([2H])c2c1OC([2H])([2H])O2. The van der Waals surface area contributed by atoms with Gasteiger partial charge >= 0.3 is 0 Å². The molecule has 0 amide bonds. The summed E-state index contributed by atoms with van der Waals surface area (Å²) >= 11 is 0. The molecule has 1 aliphatic heterocycles. The lowest BCUT2D eigenvalue weighted by Crippen LogP contribution is -2.30. The lowest BCUT2D eigenvalue weighted by atomic mass is 10.1. The van der Waals surface area contributed by atoms with Crippen molar-refractivity contribution in [2.45, 2.75) is 12.9 Å². The van der Waals surface area contributed by atoms with E-state index in [2.05, 4.69) is 0 Å². The molecule has 0 aliphatic carbocycles. The van der Waals surface area contributed by atoms with E-state index < -0.39 is 60.7 Å². The molecule has 2 rings (SSSR count). The van der Waals surface area contributed by atoms with Crippen molar-refractivity contribution < 1.29 is 26.6 Å². The number of hydrogen-bond donors (Lipinski definition) is 1. The third kappa shape index (κ3) is 1.80. The number of ketones is 1. The molecule has 1 atom stereocenters. The van der Waals surface area contributed by atoms with E-state index in [0.717, 1.165) is 6.92 Å². The second kappa shape index (κ2) is 3.90. The largest absolute Gasteiger partial charge is 0.454 e. The summed E-state index contributed by atoms with van der Waals surface area (Å²) < 4.78 is 76.8. The van der Waals surface area contributed by atoms with Gasteiger partial charge in [0, 0.05) is 9.68 Å². The molecule has 1 N–H and O–H groups in total. The second-order valence-electron chi connectivity index (χ2n) is 2.77. The fourth-order valence-corrected chi connectivity index (χ4v) is 0.983. The first-order chi connectivity index (χ1) is 10.7. The van der Waals surface area contributed by atoms with E-state index in [4.69, 9.17) is 21.8 Å². The molecule has 0 fully saturated rings. The predicted octanol–water partition coefficient (Wildman–Crippen LogP) is 1.21. The average Bonchev–Trinajstić information content (AvgIpc) is 2.70. The number of benzene rings is 1. The Kier molecular flexibility index (Phi) is 0.986. The van der Waals surface area contributed by atoms with Crippen molar-refractivity contribution in [2.24, 2.45) is 0 Å². The molecular weight excluding hydrogens is 194 g/mol. The summed E-state index contributed by atoms with van der Waals surface area (Å²) in [5.74, 6) is -2.28. The Morgan fingerprint density at radius 2 is 2.53 bits per heavy atom. The van der Waals surface area contributed by atoms with Crippen LogP contribution in [0.4, 0.5) is 0 Å². The normalized spacial score (nSPS) is 30.1.